The third kappa shape index (κ3) is 8.64. The van der Waals surface area contributed by atoms with Gasteiger partial charge in [0.15, 0.2) is 0 Å². The highest BCUT2D eigenvalue weighted by Crippen LogP contribution is 2.33. The van der Waals surface area contributed by atoms with E-state index in [1.807, 2.05) is 47.4 Å². The Kier molecular flexibility index (Phi) is 9.90. The molecule has 0 saturated carbocycles. The summed E-state index contributed by atoms with van der Waals surface area (Å²) in [6, 6.07) is 9.55. The lowest BCUT2D eigenvalue weighted by Gasteiger charge is -2.21. The van der Waals surface area contributed by atoms with E-state index in [0.717, 1.165) is 28.1 Å². The van der Waals surface area contributed by atoms with Crippen molar-refractivity contribution in [2.45, 2.75) is 32.0 Å². The molecule has 43 heavy (non-hydrogen) atoms. The van der Waals surface area contributed by atoms with E-state index in [0.29, 0.717) is 25.2 Å². The summed E-state index contributed by atoms with van der Waals surface area (Å²) < 4.78 is 67.5. The average Bonchev–Trinajstić information content (AvgIpc) is 3.46. The minimum absolute atomic E-state index is 0.00703. The zero-order chi connectivity index (χ0) is 31.9. The van der Waals surface area contributed by atoms with E-state index in [4.69, 9.17) is 24.9 Å². The Bertz CT molecular complexity index is 1540. The van der Waals surface area contributed by atoms with E-state index in [2.05, 4.69) is 20.6 Å². The molecular formula is C26H22F6N6O5. The van der Waals surface area contributed by atoms with Crippen LogP contribution in [0, 0.1) is 0 Å². The van der Waals surface area contributed by atoms with Gasteiger partial charge in [-0.2, -0.15) is 31.4 Å². The first kappa shape index (κ1) is 32.3. The second-order valence-electron chi connectivity index (χ2n) is 8.85. The second kappa shape index (κ2) is 13.2. The molecule has 1 aliphatic heterocycles. The highest BCUT2D eigenvalue weighted by molar-refractivity contribution is 5.94. The number of aromatic nitrogens is 5. The van der Waals surface area contributed by atoms with Gasteiger partial charge in [-0.15, -0.1) is 0 Å². The van der Waals surface area contributed by atoms with E-state index in [9.17, 15) is 31.1 Å². The quantitative estimate of drug-likeness (QED) is 0.329. The summed E-state index contributed by atoms with van der Waals surface area (Å²) in [7, 11) is 2.01. The summed E-state index contributed by atoms with van der Waals surface area (Å²) in [6.07, 6.45) is 0.805. The maximum atomic E-state index is 13.2. The Morgan fingerprint density at radius 1 is 0.884 bits per heavy atom. The van der Waals surface area contributed by atoms with Crippen LogP contribution in [0.2, 0.25) is 0 Å². The molecule has 0 unspecified atom stereocenters. The van der Waals surface area contributed by atoms with Gasteiger partial charge in [0.05, 0.1) is 25.3 Å². The molecule has 0 spiro atoms. The number of hydrogen-bond donors (Lipinski definition) is 2. The van der Waals surface area contributed by atoms with Gasteiger partial charge in [0.2, 0.25) is 0 Å². The van der Waals surface area contributed by atoms with Crippen LogP contribution in [-0.2, 0) is 36.3 Å². The van der Waals surface area contributed by atoms with Crippen molar-refractivity contribution in [2.75, 3.05) is 0 Å². The van der Waals surface area contributed by atoms with Crippen LogP contribution in [0.4, 0.5) is 26.3 Å². The van der Waals surface area contributed by atoms with Gasteiger partial charge < -0.3 is 19.7 Å². The number of rotatable bonds is 3. The minimum atomic E-state index is -5.08. The average molecular weight is 612 g/mol. The fourth-order valence-electron chi connectivity index (χ4n) is 3.80. The van der Waals surface area contributed by atoms with Crippen LogP contribution in [0.15, 0.2) is 67.5 Å². The molecule has 0 aliphatic carbocycles. The number of amides is 1. The molecule has 17 heteroatoms. The Morgan fingerprint density at radius 3 is 2.02 bits per heavy atom. The first-order chi connectivity index (χ1) is 20.1. The van der Waals surface area contributed by atoms with E-state index >= 15 is 0 Å². The van der Waals surface area contributed by atoms with Crippen molar-refractivity contribution in [3.05, 3.63) is 89.9 Å². The molecule has 0 radical (unpaired) electrons. The van der Waals surface area contributed by atoms with Crippen LogP contribution in [-0.4, -0.2) is 69.6 Å². The molecule has 1 aliphatic rings. The van der Waals surface area contributed by atoms with Crippen molar-refractivity contribution in [1.82, 2.24) is 29.2 Å². The highest BCUT2D eigenvalue weighted by atomic mass is 19.4. The molecule has 0 bridgehead atoms. The Morgan fingerprint density at radius 2 is 1.49 bits per heavy atom. The summed E-state index contributed by atoms with van der Waals surface area (Å²) in [5.74, 6) is -5.52. The van der Waals surface area contributed by atoms with Crippen molar-refractivity contribution >= 4 is 17.8 Å². The van der Waals surface area contributed by atoms with Gasteiger partial charge in [-0.3, -0.25) is 19.4 Å². The normalized spacial score (nSPS) is 12.4. The number of nitrogens with zero attached hydrogens (tertiary/aromatic N) is 6. The first-order valence-corrected chi connectivity index (χ1v) is 12.0. The molecule has 4 aromatic heterocycles. The van der Waals surface area contributed by atoms with Crippen LogP contribution in [0.25, 0.3) is 11.3 Å². The van der Waals surface area contributed by atoms with E-state index in [1.54, 1.807) is 30.7 Å². The summed E-state index contributed by atoms with van der Waals surface area (Å²) in [5.41, 5.74) is 5.87. The van der Waals surface area contributed by atoms with Gasteiger partial charge >= 0.3 is 24.3 Å². The maximum Gasteiger partial charge on any atom is 0.490 e. The number of hydrogen-bond acceptors (Lipinski definition) is 6. The predicted molar refractivity (Wildman–Crippen MR) is 135 cm³/mol. The molecule has 228 valence electrons. The maximum absolute atomic E-state index is 13.2. The lowest BCUT2D eigenvalue weighted by molar-refractivity contribution is -0.193. The summed E-state index contributed by atoms with van der Waals surface area (Å²) >= 11 is 0. The fraction of sp³-hybridized carbons (Fsp3) is 0.231. The molecule has 5 rings (SSSR count). The van der Waals surface area contributed by atoms with Gasteiger partial charge in [0.1, 0.15) is 0 Å². The van der Waals surface area contributed by atoms with Gasteiger partial charge in [-0.25, -0.2) is 9.59 Å². The van der Waals surface area contributed by atoms with Gasteiger partial charge in [0.25, 0.3) is 5.91 Å². The molecule has 0 fully saturated rings. The molecule has 1 amide bonds. The highest BCUT2D eigenvalue weighted by Gasteiger charge is 2.39. The van der Waals surface area contributed by atoms with Gasteiger partial charge in [-0.05, 0) is 29.8 Å². The lowest BCUT2D eigenvalue weighted by atomic mass is 10.1. The van der Waals surface area contributed by atoms with E-state index < -0.39 is 24.3 Å². The Labute approximate surface area is 238 Å². The van der Waals surface area contributed by atoms with Crippen molar-refractivity contribution in [1.29, 1.82) is 0 Å². The van der Waals surface area contributed by atoms with Crippen molar-refractivity contribution in [2.24, 2.45) is 7.05 Å². The summed E-state index contributed by atoms with van der Waals surface area (Å²) in [4.78, 5) is 41.0. The van der Waals surface area contributed by atoms with Crippen LogP contribution < -0.4 is 0 Å². The molecule has 0 aromatic carbocycles. The number of aryl methyl sites for hydroxylation is 1. The van der Waals surface area contributed by atoms with Crippen LogP contribution in [0.1, 0.15) is 27.2 Å². The SMILES string of the molecule is Cn1ccc2c1CN(C(=O)c1ccncc1)Cc1cn(Cc3cccnc3)nc1-2.O=C(O)C(F)(F)F.O=C(O)C(F)(F)F. The number of halogens is 6. The van der Waals surface area contributed by atoms with Gasteiger partial charge in [0, 0.05) is 66.6 Å². The Balaban J connectivity index is 0.000000303. The number of carboxylic acids is 2. The van der Waals surface area contributed by atoms with Crippen molar-refractivity contribution < 1.29 is 50.9 Å². The van der Waals surface area contributed by atoms with Crippen LogP contribution >= 0.6 is 0 Å². The van der Waals surface area contributed by atoms with Crippen molar-refractivity contribution in [3.8, 4) is 11.3 Å². The number of carboxylic acid groups (broad SMARTS) is 2. The molecule has 0 saturated heterocycles. The molecule has 5 heterocycles. The fourth-order valence-corrected chi connectivity index (χ4v) is 3.80. The summed E-state index contributed by atoms with van der Waals surface area (Å²) in [5, 5.41) is 19.1. The van der Waals surface area contributed by atoms with Crippen molar-refractivity contribution in [3.63, 3.8) is 0 Å². The zero-order valence-electron chi connectivity index (χ0n) is 22.0. The largest absolute Gasteiger partial charge is 0.490 e. The predicted octanol–water partition coefficient (Wildman–Crippen LogP) is 4.15. The number of carbonyl (C=O) groups excluding carboxylic acids is 1. The molecule has 2 N–H and O–H groups in total. The second-order valence-corrected chi connectivity index (χ2v) is 8.85. The van der Waals surface area contributed by atoms with Crippen LogP contribution in [0.3, 0.4) is 0 Å². The lowest BCUT2D eigenvalue weighted by Crippen LogP contribution is -2.30. The number of carbonyl (C=O) groups is 3. The third-order valence-electron chi connectivity index (χ3n) is 5.76. The minimum Gasteiger partial charge on any atom is -0.475 e. The summed E-state index contributed by atoms with van der Waals surface area (Å²) in [6.45, 7) is 1.69. The first-order valence-electron chi connectivity index (χ1n) is 12.0. The number of alkyl halides is 6. The topological polar surface area (TPSA) is 143 Å². The van der Waals surface area contributed by atoms with Gasteiger partial charge in [-0.1, -0.05) is 6.07 Å². The molecular weight excluding hydrogens is 590 g/mol. The standard InChI is InChI=1S/C22H20N6O.2C2HF3O2/c1-26-10-6-19-20(26)15-27(22(29)17-4-8-23-9-5-17)13-18-14-28(25-21(18)19)12-16-3-2-7-24-11-16;2*3-2(4,5)1(6)7/h2-11,14H,12-13,15H2,1H3;2*(H,6,7). The van der Waals surface area contributed by atoms with Crippen LogP contribution in [0.5, 0.6) is 0 Å². The smallest absolute Gasteiger partial charge is 0.475 e. The monoisotopic (exact) mass is 612 g/mol. The van der Waals surface area contributed by atoms with E-state index in [-0.39, 0.29) is 5.91 Å². The zero-order valence-corrected chi connectivity index (χ0v) is 22.0. The molecule has 0 atom stereocenters. The number of fused-ring (bicyclic) bond motifs is 3. The molecule has 11 nitrogen and oxygen atoms in total. The number of aliphatic carboxylic acids is 2. The third-order valence-corrected chi connectivity index (χ3v) is 5.76. The molecule has 4 aromatic rings. The Hall–Kier alpha value is -5.22. The van der Waals surface area contributed by atoms with E-state index in [1.165, 1.54) is 0 Å². The number of pyridine rings is 2.